The maximum absolute atomic E-state index is 14.7. The van der Waals surface area contributed by atoms with Crippen LogP contribution in [0.25, 0.3) is 22.2 Å². The molecule has 2 aliphatic rings. The molecule has 9 nitrogen and oxygen atoms in total. The van der Waals surface area contributed by atoms with Gasteiger partial charge in [-0.3, -0.25) is 14.6 Å². The summed E-state index contributed by atoms with van der Waals surface area (Å²) in [4.78, 5) is 36.6. The van der Waals surface area contributed by atoms with Crippen LogP contribution in [0, 0.1) is 11.6 Å². The van der Waals surface area contributed by atoms with E-state index in [2.05, 4.69) is 10.1 Å². The Morgan fingerprint density at radius 1 is 1.14 bits per heavy atom. The lowest BCUT2D eigenvalue weighted by Gasteiger charge is -2.33. The number of ether oxygens (including phenoxy) is 1. The summed E-state index contributed by atoms with van der Waals surface area (Å²) in [5, 5.41) is 4.55. The van der Waals surface area contributed by atoms with Crippen molar-refractivity contribution in [2.75, 3.05) is 18.0 Å². The third-order valence-electron chi connectivity index (χ3n) is 7.89. The quantitative estimate of drug-likeness (QED) is 0.251. The largest absolute Gasteiger partial charge is 0.443 e. The Balaban J connectivity index is 1.28. The number of alkyl halides is 1. The molecule has 4 aromatic rings. The van der Waals surface area contributed by atoms with Gasteiger partial charge in [0.1, 0.15) is 40.9 Å². The number of likely N-dealkylation sites (tertiary alicyclic amines) is 1. The number of nitrogens with zero attached hydrogens (tertiary/aromatic N) is 6. The van der Waals surface area contributed by atoms with Gasteiger partial charge in [-0.15, -0.1) is 0 Å². The van der Waals surface area contributed by atoms with Gasteiger partial charge in [-0.25, -0.2) is 27.7 Å². The lowest BCUT2D eigenvalue weighted by molar-refractivity contribution is 0.0269. The molecule has 0 spiro atoms. The molecule has 5 heterocycles. The monoisotopic (exact) mass is 604 g/mol. The summed E-state index contributed by atoms with van der Waals surface area (Å²) in [6.45, 7) is 5.56. The number of aromatic nitrogens is 4. The van der Waals surface area contributed by atoms with Crippen molar-refractivity contribution in [3.63, 3.8) is 0 Å². The SMILES string of the molecule is CC(C)(C)OC(=O)N1CCC(n2cc(-c3ccnc4ccc(N5C[C@@H](F)C[C@@H]5c5cc(F)ccc5F)nc34)cn2)CC1=C=O. The molecule has 2 aliphatic heterocycles. The van der Waals surface area contributed by atoms with Crippen molar-refractivity contribution >= 4 is 28.9 Å². The van der Waals surface area contributed by atoms with Gasteiger partial charge in [0.2, 0.25) is 0 Å². The van der Waals surface area contributed by atoms with Gasteiger partial charge in [0, 0.05) is 48.5 Å². The van der Waals surface area contributed by atoms with Crippen molar-refractivity contribution in [3.8, 4) is 11.1 Å². The van der Waals surface area contributed by atoms with Crippen LogP contribution in [0.1, 0.15) is 57.7 Å². The number of carbonyl (C=O) groups is 1. The second-order valence-corrected chi connectivity index (χ2v) is 12.1. The number of allylic oxidation sites excluding steroid dienone is 1. The van der Waals surface area contributed by atoms with Gasteiger partial charge in [0.05, 0.1) is 35.9 Å². The summed E-state index contributed by atoms with van der Waals surface area (Å²) in [5.74, 6) is 1.12. The van der Waals surface area contributed by atoms with E-state index in [4.69, 9.17) is 9.72 Å². The fraction of sp³-hybridized carbons (Fsp3) is 0.375. The molecule has 1 unspecified atom stereocenters. The number of carbonyl (C=O) groups excluding carboxylic acids is 2. The van der Waals surface area contributed by atoms with Crippen molar-refractivity contribution in [2.24, 2.45) is 0 Å². The Morgan fingerprint density at radius 3 is 2.73 bits per heavy atom. The van der Waals surface area contributed by atoms with Crippen LogP contribution in [-0.4, -0.2) is 61.5 Å². The van der Waals surface area contributed by atoms with E-state index in [1.807, 2.05) is 12.1 Å². The normalized spacial score (nSPS) is 20.7. The van der Waals surface area contributed by atoms with E-state index < -0.39 is 35.5 Å². The van der Waals surface area contributed by atoms with Crippen molar-refractivity contribution in [1.29, 1.82) is 0 Å². The van der Waals surface area contributed by atoms with Gasteiger partial charge in [0.15, 0.2) is 0 Å². The van der Waals surface area contributed by atoms with Gasteiger partial charge >= 0.3 is 6.09 Å². The van der Waals surface area contributed by atoms with Crippen LogP contribution < -0.4 is 4.90 Å². The van der Waals surface area contributed by atoms with Crippen LogP contribution in [-0.2, 0) is 9.53 Å². The average Bonchev–Trinajstić information content (AvgIpc) is 3.64. The predicted octanol–water partition coefficient (Wildman–Crippen LogP) is 6.35. The molecule has 0 aliphatic carbocycles. The molecule has 1 aromatic carbocycles. The van der Waals surface area contributed by atoms with Crippen LogP contribution >= 0.6 is 0 Å². The zero-order valence-corrected chi connectivity index (χ0v) is 24.5. The highest BCUT2D eigenvalue weighted by atomic mass is 19.1. The first-order valence-corrected chi connectivity index (χ1v) is 14.4. The number of pyridine rings is 2. The molecule has 228 valence electrons. The summed E-state index contributed by atoms with van der Waals surface area (Å²) in [6.07, 6.45) is 4.17. The zero-order valence-electron chi connectivity index (χ0n) is 24.5. The van der Waals surface area contributed by atoms with Gasteiger partial charge in [-0.1, -0.05) is 0 Å². The van der Waals surface area contributed by atoms with Crippen LogP contribution in [0.3, 0.4) is 0 Å². The molecule has 12 heteroatoms. The Hall–Kier alpha value is -4.70. The van der Waals surface area contributed by atoms with Crippen LogP contribution in [0.2, 0.25) is 0 Å². The van der Waals surface area contributed by atoms with E-state index in [1.165, 1.54) is 4.90 Å². The minimum atomic E-state index is -1.24. The number of rotatable bonds is 4. The molecule has 0 N–H and O–H groups in total. The Kier molecular flexibility index (Phi) is 7.63. The van der Waals surface area contributed by atoms with E-state index in [0.717, 1.165) is 29.3 Å². The maximum Gasteiger partial charge on any atom is 0.415 e. The van der Waals surface area contributed by atoms with Gasteiger partial charge in [0.25, 0.3) is 0 Å². The molecule has 0 saturated carbocycles. The summed E-state index contributed by atoms with van der Waals surface area (Å²) < 4.78 is 50.6. The standard InChI is InChI=1S/C32H31F3N6O3/c1-32(2,3)44-31(43)39-11-9-22(14-23(39)18-42)41-16-19(15-37-41)24-8-10-36-27-6-7-29(38-30(24)27)40-17-21(34)13-28(40)25-12-20(33)4-5-26(25)35/h4-8,10,12,15-16,21-22,28H,9,11,13-14,17H2,1-3H3/t21-,22?,28+/m0/s1. The zero-order chi connectivity index (χ0) is 31.2. The fourth-order valence-corrected chi connectivity index (χ4v) is 5.88. The van der Waals surface area contributed by atoms with E-state index in [-0.39, 0.29) is 43.2 Å². The van der Waals surface area contributed by atoms with E-state index in [9.17, 15) is 22.8 Å². The molecule has 2 saturated heterocycles. The number of hydrogen-bond donors (Lipinski definition) is 0. The highest BCUT2D eigenvalue weighted by molar-refractivity contribution is 5.91. The molecular formula is C32H31F3N6O3. The van der Waals surface area contributed by atoms with E-state index in [0.29, 0.717) is 23.3 Å². The minimum Gasteiger partial charge on any atom is -0.443 e. The van der Waals surface area contributed by atoms with Gasteiger partial charge in [-0.05, 0) is 63.6 Å². The topological polar surface area (TPSA) is 93.4 Å². The van der Waals surface area contributed by atoms with E-state index in [1.54, 1.807) is 60.9 Å². The summed E-state index contributed by atoms with van der Waals surface area (Å²) in [5.41, 5.74) is 2.20. The first-order valence-electron chi connectivity index (χ1n) is 14.4. The van der Waals surface area contributed by atoms with Crippen molar-refractivity contribution in [1.82, 2.24) is 24.6 Å². The number of piperidine rings is 1. The number of amides is 1. The molecule has 0 radical (unpaired) electrons. The number of halogens is 3. The van der Waals surface area contributed by atoms with Crippen LogP contribution in [0.5, 0.6) is 0 Å². The second kappa shape index (κ2) is 11.4. The number of anilines is 1. The Bertz CT molecular complexity index is 1780. The first-order chi connectivity index (χ1) is 21.0. The maximum atomic E-state index is 14.7. The van der Waals surface area contributed by atoms with Crippen molar-refractivity contribution < 1.29 is 27.5 Å². The van der Waals surface area contributed by atoms with Gasteiger partial charge in [-0.2, -0.15) is 5.10 Å². The fourth-order valence-electron chi connectivity index (χ4n) is 5.88. The highest BCUT2D eigenvalue weighted by Crippen LogP contribution is 2.39. The smallest absolute Gasteiger partial charge is 0.415 e. The second-order valence-electron chi connectivity index (χ2n) is 12.1. The lowest BCUT2D eigenvalue weighted by Crippen LogP contribution is -2.41. The van der Waals surface area contributed by atoms with Crippen LogP contribution in [0.15, 0.2) is 60.7 Å². The molecule has 6 rings (SSSR count). The average molecular weight is 605 g/mol. The summed E-state index contributed by atoms with van der Waals surface area (Å²) in [7, 11) is 0. The number of fused-ring (bicyclic) bond motifs is 1. The molecule has 0 bridgehead atoms. The highest BCUT2D eigenvalue weighted by Gasteiger charge is 2.36. The molecule has 2 fully saturated rings. The third-order valence-corrected chi connectivity index (χ3v) is 7.89. The predicted molar refractivity (Wildman–Crippen MR) is 157 cm³/mol. The number of hydrogen-bond acceptors (Lipinski definition) is 7. The molecule has 1 amide bonds. The molecule has 3 aromatic heterocycles. The number of benzene rings is 1. The summed E-state index contributed by atoms with van der Waals surface area (Å²) >= 11 is 0. The summed E-state index contributed by atoms with van der Waals surface area (Å²) in [6, 6.07) is 7.56. The third kappa shape index (κ3) is 5.77. The minimum absolute atomic E-state index is 0.0106. The van der Waals surface area contributed by atoms with Crippen molar-refractivity contribution in [3.05, 3.63) is 77.9 Å². The molecular weight excluding hydrogens is 573 g/mol. The van der Waals surface area contributed by atoms with Crippen LogP contribution in [0.4, 0.5) is 23.8 Å². The Morgan fingerprint density at radius 2 is 1.95 bits per heavy atom. The van der Waals surface area contributed by atoms with Gasteiger partial charge < -0.3 is 9.64 Å². The molecule has 3 atom stereocenters. The lowest BCUT2D eigenvalue weighted by atomic mass is 10.0. The molecule has 44 heavy (non-hydrogen) atoms. The Labute approximate surface area is 251 Å². The first kappa shape index (κ1) is 29.4. The van der Waals surface area contributed by atoms with Crippen molar-refractivity contribution in [2.45, 2.75) is 63.9 Å². The van der Waals surface area contributed by atoms with E-state index >= 15 is 0 Å².